The molecule has 0 radical (unpaired) electrons. The number of rotatable bonds is 2. The molecule has 2 heterocycles. The number of fused-ring (bicyclic) bond motifs is 1. The van der Waals surface area contributed by atoms with Crippen LogP contribution in [0.4, 0.5) is 4.39 Å². The van der Waals surface area contributed by atoms with Crippen LogP contribution in [-0.2, 0) is 5.88 Å². The second-order valence-corrected chi connectivity index (χ2v) is 4.83. The van der Waals surface area contributed by atoms with Gasteiger partial charge in [0.2, 0.25) is 0 Å². The van der Waals surface area contributed by atoms with E-state index in [4.69, 9.17) is 23.2 Å². The van der Waals surface area contributed by atoms with Gasteiger partial charge in [0.15, 0.2) is 0 Å². The summed E-state index contributed by atoms with van der Waals surface area (Å²) in [4.78, 5) is 4.49. The molecule has 0 bridgehead atoms. The Morgan fingerprint density at radius 3 is 2.45 bits per heavy atom. The first-order valence-electron chi connectivity index (χ1n) is 5.67. The van der Waals surface area contributed by atoms with Crippen molar-refractivity contribution >= 4 is 41.3 Å². The minimum atomic E-state index is -0.320. The third-order valence-corrected chi connectivity index (χ3v) is 3.43. The molecule has 3 rings (SSSR count). The predicted molar refractivity (Wildman–Crippen MR) is 82.4 cm³/mol. The molecule has 2 aromatic heterocycles. The predicted octanol–water partition coefficient (Wildman–Crippen LogP) is 4.95. The molecule has 0 amide bonds. The minimum absolute atomic E-state index is 0. The van der Waals surface area contributed by atoms with Gasteiger partial charge < -0.3 is 0 Å². The van der Waals surface area contributed by atoms with Crippen LogP contribution >= 0.6 is 35.6 Å². The zero-order valence-electron chi connectivity index (χ0n) is 10.2. The smallest absolute Gasteiger partial charge is 0.139 e. The van der Waals surface area contributed by atoms with Crippen LogP contribution in [0.5, 0.6) is 0 Å². The third-order valence-electron chi connectivity index (χ3n) is 2.93. The number of alkyl halides is 1. The van der Waals surface area contributed by atoms with Crippen molar-refractivity contribution in [3.05, 3.63) is 59.1 Å². The molecular formula is C14H10Cl3FN2. The average molecular weight is 332 g/mol. The van der Waals surface area contributed by atoms with Crippen LogP contribution in [0.15, 0.2) is 42.6 Å². The number of benzene rings is 1. The molecule has 0 N–H and O–H groups in total. The van der Waals surface area contributed by atoms with E-state index in [-0.39, 0.29) is 24.1 Å². The fourth-order valence-corrected chi connectivity index (χ4v) is 2.42. The van der Waals surface area contributed by atoms with Crippen molar-refractivity contribution in [1.82, 2.24) is 9.38 Å². The molecule has 0 fully saturated rings. The fourth-order valence-electron chi connectivity index (χ4n) is 2.03. The Kier molecular flexibility index (Phi) is 4.53. The molecule has 0 spiro atoms. The highest BCUT2D eigenvalue weighted by atomic mass is 35.5. The monoisotopic (exact) mass is 330 g/mol. The van der Waals surface area contributed by atoms with Crippen molar-refractivity contribution in [2.75, 3.05) is 0 Å². The first-order chi connectivity index (χ1) is 9.19. The van der Waals surface area contributed by atoms with Gasteiger partial charge in [-0.3, -0.25) is 4.40 Å². The normalized spacial score (nSPS) is 10.6. The van der Waals surface area contributed by atoms with Crippen LogP contribution in [0.1, 0.15) is 5.69 Å². The number of aromatic nitrogens is 2. The van der Waals surface area contributed by atoms with Crippen LogP contribution < -0.4 is 0 Å². The third kappa shape index (κ3) is 2.62. The summed E-state index contributed by atoms with van der Waals surface area (Å²) in [6.07, 6.45) is 1.39. The van der Waals surface area contributed by atoms with Gasteiger partial charge in [0, 0.05) is 16.8 Å². The zero-order valence-corrected chi connectivity index (χ0v) is 12.5. The zero-order chi connectivity index (χ0) is 13.4. The molecule has 0 unspecified atom stereocenters. The first-order valence-corrected chi connectivity index (χ1v) is 6.58. The molecule has 6 heteroatoms. The summed E-state index contributed by atoms with van der Waals surface area (Å²) in [5, 5.41) is 0.658. The summed E-state index contributed by atoms with van der Waals surface area (Å²) >= 11 is 11.8. The van der Waals surface area contributed by atoms with Gasteiger partial charge in [0.25, 0.3) is 0 Å². The number of imidazole rings is 1. The van der Waals surface area contributed by atoms with Gasteiger partial charge in [0.1, 0.15) is 11.5 Å². The molecule has 104 valence electrons. The lowest BCUT2D eigenvalue weighted by atomic mass is 10.1. The van der Waals surface area contributed by atoms with Crippen molar-refractivity contribution in [2.45, 2.75) is 5.88 Å². The molecule has 1 aromatic carbocycles. The van der Waals surface area contributed by atoms with Gasteiger partial charge in [-0.2, -0.15) is 0 Å². The minimum Gasteiger partial charge on any atom is -0.299 e. The second kappa shape index (κ2) is 6.00. The number of nitrogens with zero attached hydrogens (tertiary/aromatic N) is 2. The van der Waals surface area contributed by atoms with Crippen molar-refractivity contribution in [2.24, 2.45) is 0 Å². The van der Waals surface area contributed by atoms with Gasteiger partial charge >= 0.3 is 0 Å². The van der Waals surface area contributed by atoms with Crippen LogP contribution in [0.25, 0.3) is 16.9 Å². The molecule has 0 saturated heterocycles. The number of pyridine rings is 1. The van der Waals surface area contributed by atoms with Gasteiger partial charge in [0.05, 0.1) is 17.3 Å². The Balaban J connectivity index is 0.00000147. The lowest BCUT2D eigenvalue weighted by Crippen LogP contribution is -1.92. The summed E-state index contributed by atoms with van der Waals surface area (Å²) in [5.74, 6) is -0.0679. The highest BCUT2D eigenvalue weighted by Gasteiger charge is 2.13. The number of hydrogen-bond donors (Lipinski definition) is 0. The Bertz CT molecular complexity index is 738. The van der Waals surface area contributed by atoms with Crippen LogP contribution in [0.3, 0.4) is 0 Å². The van der Waals surface area contributed by atoms with Gasteiger partial charge in [-0.25, -0.2) is 9.37 Å². The molecule has 0 aliphatic carbocycles. The Labute approximate surface area is 131 Å². The maximum Gasteiger partial charge on any atom is 0.139 e. The molecule has 20 heavy (non-hydrogen) atoms. The van der Waals surface area contributed by atoms with E-state index < -0.39 is 0 Å². The molecule has 0 aliphatic rings. The highest BCUT2D eigenvalue weighted by Crippen LogP contribution is 2.27. The molecule has 3 aromatic rings. The molecular weight excluding hydrogens is 322 g/mol. The molecule has 2 nitrogen and oxygen atoms in total. The van der Waals surface area contributed by atoms with Crippen molar-refractivity contribution in [3.8, 4) is 11.3 Å². The van der Waals surface area contributed by atoms with Crippen molar-refractivity contribution in [3.63, 3.8) is 0 Å². The van der Waals surface area contributed by atoms with E-state index in [0.29, 0.717) is 10.7 Å². The lowest BCUT2D eigenvalue weighted by molar-refractivity contribution is 0.618. The molecule has 0 saturated carbocycles. The Morgan fingerprint density at radius 1 is 1.10 bits per heavy atom. The van der Waals surface area contributed by atoms with Gasteiger partial charge in [-0.1, -0.05) is 23.7 Å². The van der Waals surface area contributed by atoms with E-state index in [1.807, 2.05) is 12.1 Å². The topological polar surface area (TPSA) is 17.3 Å². The van der Waals surface area contributed by atoms with E-state index >= 15 is 0 Å². The van der Waals surface area contributed by atoms with Crippen LogP contribution in [0, 0.1) is 5.82 Å². The van der Waals surface area contributed by atoms with Crippen molar-refractivity contribution < 1.29 is 4.39 Å². The maximum absolute atomic E-state index is 13.3. The SMILES string of the molecule is Cl.Fc1ccc2nc(-c3ccc(Cl)cc3)c(CCl)n2c1. The molecule has 0 aliphatic heterocycles. The van der Waals surface area contributed by atoms with Gasteiger partial charge in [-0.15, -0.1) is 24.0 Å². The quantitative estimate of drug-likeness (QED) is 0.607. The number of hydrogen-bond acceptors (Lipinski definition) is 1. The number of halogens is 4. The lowest BCUT2D eigenvalue weighted by Gasteiger charge is -2.01. The van der Waals surface area contributed by atoms with E-state index in [2.05, 4.69) is 4.98 Å². The summed E-state index contributed by atoms with van der Waals surface area (Å²) in [6, 6.07) is 10.3. The fraction of sp³-hybridized carbons (Fsp3) is 0.0714. The van der Waals surface area contributed by atoms with E-state index in [0.717, 1.165) is 17.0 Å². The second-order valence-electron chi connectivity index (χ2n) is 4.12. The van der Waals surface area contributed by atoms with E-state index in [9.17, 15) is 4.39 Å². The van der Waals surface area contributed by atoms with Crippen LogP contribution in [-0.4, -0.2) is 9.38 Å². The summed E-state index contributed by atoms with van der Waals surface area (Å²) < 4.78 is 15.0. The standard InChI is InChI=1S/C14H9Cl2FN2.ClH/c15-7-12-14(9-1-3-10(16)4-2-9)18-13-6-5-11(17)8-19(12)13;/h1-6,8H,7H2;1H. The van der Waals surface area contributed by atoms with Crippen molar-refractivity contribution in [1.29, 1.82) is 0 Å². The highest BCUT2D eigenvalue weighted by molar-refractivity contribution is 6.30. The maximum atomic E-state index is 13.3. The summed E-state index contributed by atoms with van der Waals surface area (Å²) in [7, 11) is 0. The van der Waals surface area contributed by atoms with E-state index in [1.54, 1.807) is 22.6 Å². The Hall–Kier alpha value is -1.29. The van der Waals surface area contributed by atoms with Crippen LogP contribution in [0.2, 0.25) is 5.02 Å². The largest absolute Gasteiger partial charge is 0.299 e. The average Bonchev–Trinajstić information content (AvgIpc) is 2.77. The first kappa shape index (κ1) is 15.1. The van der Waals surface area contributed by atoms with Gasteiger partial charge in [-0.05, 0) is 24.3 Å². The summed E-state index contributed by atoms with van der Waals surface area (Å²) in [6.45, 7) is 0. The molecule has 0 atom stereocenters. The Morgan fingerprint density at radius 2 is 1.80 bits per heavy atom. The van der Waals surface area contributed by atoms with E-state index in [1.165, 1.54) is 12.3 Å². The summed E-state index contributed by atoms with van der Waals surface area (Å²) in [5.41, 5.74) is 3.09.